The van der Waals surface area contributed by atoms with E-state index in [-0.39, 0.29) is 11.3 Å². The van der Waals surface area contributed by atoms with E-state index >= 15 is 0 Å². The van der Waals surface area contributed by atoms with E-state index in [1.54, 1.807) is 7.11 Å². The molecule has 0 saturated carbocycles. The molecule has 0 saturated heterocycles. The lowest BCUT2D eigenvalue weighted by Crippen LogP contribution is -2.42. The molecule has 0 aliphatic carbocycles. The molecule has 2 N–H and O–H groups in total. The third-order valence-electron chi connectivity index (χ3n) is 3.43. The Balaban J connectivity index is 3.05. The minimum atomic E-state index is -0.0945. The van der Waals surface area contributed by atoms with E-state index in [1.807, 2.05) is 36.9 Å². The van der Waals surface area contributed by atoms with Gasteiger partial charge in [0.05, 0.1) is 12.7 Å². The predicted molar refractivity (Wildman–Crippen MR) is 82.1 cm³/mol. The topological polar surface area (TPSA) is 55.6 Å². The van der Waals surface area contributed by atoms with E-state index in [9.17, 15) is 4.79 Å². The number of carbonyl (C=O) groups is 1. The number of methoxy groups -OCH3 is 1. The summed E-state index contributed by atoms with van der Waals surface area (Å²) in [5.41, 5.74) is 7.33. The number of hydrogen-bond donors (Lipinski definition) is 1. The van der Waals surface area contributed by atoms with Crippen molar-refractivity contribution in [3.8, 4) is 5.75 Å². The zero-order valence-electron chi connectivity index (χ0n) is 13.2. The van der Waals surface area contributed by atoms with Crippen molar-refractivity contribution in [1.29, 1.82) is 0 Å². The highest BCUT2D eigenvalue weighted by Crippen LogP contribution is 2.23. The molecule has 4 nitrogen and oxygen atoms in total. The molecule has 0 aliphatic heterocycles. The first-order valence-electron chi connectivity index (χ1n) is 6.98. The van der Waals surface area contributed by atoms with Crippen LogP contribution in [0.3, 0.4) is 0 Å². The highest BCUT2D eigenvalue weighted by molar-refractivity contribution is 5.97. The van der Waals surface area contributed by atoms with Crippen molar-refractivity contribution in [2.45, 2.75) is 27.7 Å². The van der Waals surface area contributed by atoms with Gasteiger partial charge in [-0.3, -0.25) is 4.79 Å². The van der Waals surface area contributed by atoms with E-state index in [0.29, 0.717) is 30.9 Å². The van der Waals surface area contributed by atoms with Crippen LogP contribution in [0.5, 0.6) is 5.75 Å². The first-order valence-corrected chi connectivity index (χ1v) is 6.98. The minimum Gasteiger partial charge on any atom is -0.496 e. The molecule has 0 fully saturated rings. The number of aryl methyl sites for hydroxylation is 1. The number of carbonyl (C=O) groups excluding carboxylic acids is 1. The smallest absolute Gasteiger partial charge is 0.257 e. The Morgan fingerprint density at radius 1 is 1.40 bits per heavy atom. The Kier molecular flexibility index (Phi) is 5.57. The van der Waals surface area contributed by atoms with Crippen molar-refractivity contribution in [3.63, 3.8) is 0 Å². The van der Waals surface area contributed by atoms with Gasteiger partial charge < -0.3 is 15.4 Å². The fourth-order valence-corrected chi connectivity index (χ4v) is 2.07. The van der Waals surface area contributed by atoms with Crippen LogP contribution in [-0.4, -0.2) is 37.6 Å². The Hall–Kier alpha value is -1.55. The molecule has 1 amide bonds. The van der Waals surface area contributed by atoms with E-state index in [1.165, 1.54) is 0 Å². The fraction of sp³-hybridized carbons (Fsp3) is 0.562. The first kappa shape index (κ1) is 16.5. The van der Waals surface area contributed by atoms with Gasteiger partial charge in [0.15, 0.2) is 0 Å². The molecular weight excluding hydrogens is 252 g/mol. The van der Waals surface area contributed by atoms with Crippen LogP contribution < -0.4 is 10.5 Å². The number of rotatable bonds is 6. The van der Waals surface area contributed by atoms with Crippen molar-refractivity contribution >= 4 is 5.91 Å². The number of benzene rings is 1. The van der Waals surface area contributed by atoms with E-state index in [2.05, 4.69) is 13.8 Å². The van der Waals surface area contributed by atoms with Crippen molar-refractivity contribution in [2.24, 2.45) is 11.1 Å². The van der Waals surface area contributed by atoms with Crippen molar-refractivity contribution in [2.75, 3.05) is 26.7 Å². The van der Waals surface area contributed by atoms with Crippen LogP contribution in [0.1, 0.15) is 36.7 Å². The van der Waals surface area contributed by atoms with Crippen LogP contribution in [0.25, 0.3) is 0 Å². The maximum absolute atomic E-state index is 12.7. The Labute approximate surface area is 121 Å². The molecule has 0 atom stereocenters. The largest absolute Gasteiger partial charge is 0.496 e. The molecule has 0 spiro atoms. The maximum atomic E-state index is 12.7. The summed E-state index contributed by atoms with van der Waals surface area (Å²) in [6, 6.07) is 5.65. The lowest BCUT2D eigenvalue weighted by Gasteiger charge is -2.31. The summed E-state index contributed by atoms with van der Waals surface area (Å²) in [6.45, 7) is 9.91. The summed E-state index contributed by atoms with van der Waals surface area (Å²) < 4.78 is 5.30. The van der Waals surface area contributed by atoms with Gasteiger partial charge in [0.2, 0.25) is 0 Å². The quantitative estimate of drug-likeness (QED) is 0.869. The second-order valence-electron chi connectivity index (χ2n) is 5.89. The van der Waals surface area contributed by atoms with E-state index < -0.39 is 0 Å². The van der Waals surface area contributed by atoms with Crippen LogP contribution in [0.15, 0.2) is 18.2 Å². The summed E-state index contributed by atoms with van der Waals surface area (Å²) >= 11 is 0. The molecule has 0 aromatic heterocycles. The van der Waals surface area contributed by atoms with Gasteiger partial charge in [0, 0.05) is 13.1 Å². The van der Waals surface area contributed by atoms with Gasteiger partial charge in [0.1, 0.15) is 5.75 Å². The molecule has 20 heavy (non-hydrogen) atoms. The third-order valence-corrected chi connectivity index (χ3v) is 3.43. The van der Waals surface area contributed by atoms with E-state index in [4.69, 9.17) is 10.5 Å². The van der Waals surface area contributed by atoms with Gasteiger partial charge in [0.25, 0.3) is 5.91 Å². The molecule has 0 bridgehead atoms. The lowest BCUT2D eigenvalue weighted by atomic mass is 9.92. The van der Waals surface area contributed by atoms with E-state index in [0.717, 1.165) is 5.56 Å². The second kappa shape index (κ2) is 6.75. The number of nitrogens with zero attached hydrogens (tertiary/aromatic N) is 1. The lowest BCUT2D eigenvalue weighted by molar-refractivity contribution is 0.0697. The standard InChI is InChI=1S/C16H26N2O2/c1-6-18(11-16(3,4)10-17)15(19)13-9-12(2)7-8-14(13)20-5/h7-9H,6,10-11,17H2,1-5H3. The zero-order valence-corrected chi connectivity index (χ0v) is 13.2. The average molecular weight is 278 g/mol. The third kappa shape index (κ3) is 3.97. The summed E-state index contributed by atoms with van der Waals surface area (Å²) in [4.78, 5) is 14.5. The SMILES string of the molecule is CCN(CC(C)(C)CN)C(=O)c1cc(C)ccc1OC. The van der Waals surface area contributed by atoms with Crippen molar-refractivity contribution in [1.82, 2.24) is 4.90 Å². The number of ether oxygens (including phenoxy) is 1. The molecule has 1 aromatic carbocycles. The van der Waals surface area contributed by atoms with Crippen LogP contribution in [0.2, 0.25) is 0 Å². The number of nitrogens with two attached hydrogens (primary N) is 1. The number of amides is 1. The molecule has 4 heteroatoms. The number of hydrogen-bond acceptors (Lipinski definition) is 3. The minimum absolute atomic E-state index is 0.00502. The van der Waals surface area contributed by atoms with Crippen LogP contribution >= 0.6 is 0 Å². The van der Waals surface area contributed by atoms with Crippen LogP contribution in [-0.2, 0) is 0 Å². The summed E-state index contributed by atoms with van der Waals surface area (Å²) in [6.07, 6.45) is 0. The van der Waals surface area contributed by atoms with Crippen LogP contribution in [0.4, 0.5) is 0 Å². The fourth-order valence-electron chi connectivity index (χ4n) is 2.07. The predicted octanol–water partition coefficient (Wildman–Crippen LogP) is 2.45. The average Bonchev–Trinajstić information content (AvgIpc) is 2.44. The normalized spacial score (nSPS) is 11.3. The Morgan fingerprint density at radius 2 is 2.05 bits per heavy atom. The van der Waals surface area contributed by atoms with Crippen LogP contribution in [0, 0.1) is 12.3 Å². The monoisotopic (exact) mass is 278 g/mol. The molecule has 0 unspecified atom stereocenters. The molecule has 112 valence electrons. The molecular formula is C16H26N2O2. The molecule has 1 rings (SSSR count). The highest BCUT2D eigenvalue weighted by Gasteiger charge is 2.25. The molecule has 0 aliphatic rings. The molecule has 1 aromatic rings. The molecule has 0 radical (unpaired) electrons. The Bertz CT molecular complexity index is 470. The first-order chi connectivity index (χ1) is 9.34. The zero-order chi connectivity index (χ0) is 15.3. The van der Waals surface area contributed by atoms with Gasteiger partial charge in [-0.25, -0.2) is 0 Å². The summed E-state index contributed by atoms with van der Waals surface area (Å²) in [5, 5.41) is 0. The van der Waals surface area contributed by atoms with Gasteiger partial charge >= 0.3 is 0 Å². The van der Waals surface area contributed by atoms with Gasteiger partial charge in [-0.2, -0.15) is 0 Å². The van der Waals surface area contributed by atoms with Gasteiger partial charge in [-0.1, -0.05) is 25.5 Å². The van der Waals surface area contributed by atoms with Crippen molar-refractivity contribution < 1.29 is 9.53 Å². The summed E-state index contributed by atoms with van der Waals surface area (Å²) in [7, 11) is 1.58. The van der Waals surface area contributed by atoms with Gasteiger partial charge in [-0.05, 0) is 37.9 Å². The Morgan fingerprint density at radius 3 is 2.55 bits per heavy atom. The van der Waals surface area contributed by atoms with Gasteiger partial charge in [-0.15, -0.1) is 0 Å². The highest BCUT2D eigenvalue weighted by atomic mass is 16.5. The molecule has 0 heterocycles. The summed E-state index contributed by atoms with van der Waals surface area (Å²) in [5.74, 6) is 0.610. The maximum Gasteiger partial charge on any atom is 0.257 e. The second-order valence-corrected chi connectivity index (χ2v) is 5.89. The van der Waals surface area contributed by atoms with Crippen molar-refractivity contribution in [3.05, 3.63) is 29.3 Å².